The van der Waals surface area contributed by atoms with Crippen molar-refractivity contribution < 1.29 is 0 Å². The van der Waals surface area contributed by atoms with Gasteiger partial charge in [0.05, 0.1) is 0 Å². The summed E-state index contributed by atoms with van der Waals surface area (Å²) in [4.78, 5) is 0. The van der Waals surface area contributed by atoms with Crippen LogP contribution in [0.5, 0.6) is 0 Å². The van der Waals surface area contributed by atoms with Gasteiger partial charge in [-0.1, -0.05) is 32.0 Å². The van der Waals surface area contributed by atoms with Gasteiger partial charge in [-0.05, 0) is 60.0 Å². The molecular weight excluding hydrogens is 335 g/mol. The first-order chi connectivity index (χ1) is 8.50. The molecule has 1 unspecified atom stereocenters. The first kappa shape index (κ1) is 15.9. The molecule has 1 rings (SSSR count). The van der Waals surface area contributed by atoms with Gasteiger partial charge in [0.15, 0.2) is 0 Å². The van der Waals surface area contributed by atoms with Crippen LogP contribution in [0, 0.1) is 16.4 Å². The minimum Gasteiger partial charge on any atom is -0.315 e. The SMILES string of the molecule is Cc1cccc(CNC(C)CNCC(C)C)c1I. The molecule has 0 radical (unpaired) electrons. The van der Waals surface area contributed by atoms with Gasteiger partial charge in [-0.3, -0.25) is 0 Å². The Hall–Kier alpha value is -0.130. The Kier molecular flexibility index (Phi) is 7.19. The predicted molar refractivity (Wildman–Crippen MR) is 87.9 cm³/mol. The van der Waals surface area contributed by atoms with E-state index in [0.29, 0.717) is 6.04 Å². The third-order valence-corrected chi connectivity index (χ3v) is 4.46. The molecule has 0 saturated carbocycles. The Morgan fingerprint density at radius 2 is 1.89 bits per heavy atom. The number of aryl methyl sites for hydroxylation is 1. The van der Waals surface area contributed by atoms with Crippen LogP contribution in [0.2, 0.25) is 0 Å². The predicted octanol–water partition coefficient (Wildman–Crippen LogP) is 3.32. The first-order valence-corrected chi connectivity index (χ1v) is 7.76. The molecule has 3 heteroatoms. The van der Waals surface area contributed by atoms with E-state index < -0.39 is 0 Å². The molecular formula is C15H25IN2. The van der Waals surface area contributed by atoms with E-state index in [9.17, 15) is 0 Å². The lowest BCUT2D eigenvalue weighted by Gasteiger charge is -2.16. The smallest absolute Gasteiger partial charge is 0.0219 e. The zero-order valence-corrected chi connectivity index (χ0v) is 14.0. The molecule has 2 nitrogen and oxygen atoms in total. The topological polar surface area (TPSA) is 24.1 Å². The maximum absolute atomic E-state index is 3.57. The van der Waals surface area contributed by atoms with Gasteiger partial charge in [0.25, 0.3) is 0 Å². The second kappa shape index (κ2) is 8.12. The zero-order valence-electron chi connectivity index (χ0n) is 11.9. The fraction of sp³-hybridized carbons (Fsp3) is 0.600. The Balaban J connectivity index is 2.33. The number of benzene rings is 1. The lowest BCUT2D eigenvalue weighted by Crippen LogP contribution is -2.37. The molecule has 0 heterocycles. The van der Waals surface area contributed by atoms with Gasteiger partial charge >= 0.3 is 0 Å². The summed E-state index contributed by atoms with van der Waals surface area (Å²) in [5.41, 5.74) is 2.76. The van der Waals surface area contributed by atoms with E-state index in [2.05, 4.69) is 79.1 Å². The van der Waals surface area contributed by atoms with Crippen molar-refractivity contribution in [1.82, 2.24) is 10.6 Å². The molecule has 0 aliphatic carbocycles. The fourth-order valence-corrected chi connectivity index (χ4v) is 2.34. The van der Waals surface area contributed by atoms with Crippen LogP contribution in [0.25, 0.3) is 0 Å². The van der Waals surface area contributed by atoms with Crippen LogP contribution in [0.4, 0.5) is 0 Å². The first-order valence-electron chi connectivity index (χ1n) is 6.68. The number of rotatable bonds is 7. The summed E-state index contributed by atoms with van der Waals surface area (Å²) in [5.74, 6) is 0.718. The highest BCUT2D eigenvalue weighted by atomic mass is 127. The summed E-state index contributed by atoms with van der Waals surface area (Å²) in [7, 11) is 0. The molecule has 102 valence electrons. The number of nitrogens with one attached hydrogen (secondary N) is 2. The van der Waals surface area contributed by atoms with Crippen LogP contribution in [0.15, 0.2) is 18.2 Å². The average Bonchev–Trinajstić information content (AvgIpc) is 2.30. The Bertz CT molecular complexity index is 364. The van der Waals surface area contributed by atoms with Gasteiger partial charge in [0.2, 0.25) is 0 Å². The van der Waals surface area contributed by atoms with Gasteiger partial charge in [-0.15, -0.1) is 0 Å². The lowest BCUT2D eigenvalue weighted by atomic mass is 10.1. The Morgan fingerprint density at radius 1 is 1.17 bits per heavy atom. The van der Waals surface area contributed by atoms with Crippen LogP contribution in [0.1, 0.15) is 31.9 Å². The molecule has 0 saturated heterocycles. The zero-order chi connectivity index (χ0) is 13.5. The average molecular weight is 360 g/mol. The van der Waals surface area contributed by atoms with E-state index in [1.54, 1.807) is 0 Å². The van der Waals surface area contributed by atoms with Crippen LogP contribution in [0.3, 0.4) is 0 Å². The van der Waals surface area contributed by atoms with Crippen molar-refractivity contribution in [1.29, 1.82) is 0 Å². The maximum Gasteiger partial charge on any atom is 0.0219 e. The molecule has 1 aromatic carbocycles. The third kappa shape index (κ3) is 5.67. The Labute approximate surface area is 125 Å². The van der Waals surface area contributed by atoms with Gasteiger partial charge in [0, 0.05) is 22.7 Å². The molecule has 0 bridgehead atoms. The quantitative estimate of drug-likeness (QED) is 0.729. The summed E-state index contributed by atoms with van der Waals surface area (Å²) in [6.07, 6.45) is 0. The summed E-state index contributed by atoms with van der Waals surface area (Å²) in [6, 6.07) is 7.01. The molecule has 1 aromatic rings. The van der Waals surface area contributed by atoms with Crippen molar-refractivity contribution in [2.45, 2.75) is 40.3 Å². The second-order valence-electron chi connectivity index (χ2n) is 5.38. The summed E-state index contributed by atoms with van der Waals surface area (Å²) in [5, 5.41) is 7.06. The van der Waals surface area contributed by atoms with E-state index in [1.165, 1.54) is 14.7 Å². The molecule has 0 aliphatic rings. The van der Waals surface area contributed by atoms with Gasteiger partial charge in [-0.2, -0.15) is 0 Å². The van der Waals surface area contributed by atoms with Crippen LogP contribution in [-0.2, 0) is 6.54 Å². The number of hydrogen-bond acceptors (Lipinski definition) is 2. The van der Waals surface area contributed by atoms with Crippen molar-refractivity contribution in [3.63, 3.8) is 0 Å². The highest BCUT2D eigenvalue weighted by Crippen LogP contribution is 2.16. The minimum atomic E-state index is 0.500. The normalized spacial score (nSPS) is 13.0. The van der Waals surface area contributed by atoms with Crippen molar-refractivity contribution >= 4 is 22.6 Å². The van der Waals surface area contributed by atoms with E-state index in [4.69, 9.17) is 0 Å². The third-order valence-electron chi connectivity index (χ3n) is 2.92. The lowest BCUT2D eigenvalue weighted by molar-refractivity contribution is 0.472. The van der Waals surface area contributed by atoms with E-state index >= 15 is 0 Å². The van der Waals surface area contributed by atoms with E-state index in [0.717, 1.165) is 25.6 Å². The minimum absolute atomic E-state index is 0.500. The summed E-state index contributed by atoms with van der Waals surface area (Å²) < 4.78 is 1.38. The summed E-state index contributed by atoms with van der Waals surface area (Å²) in [6.45, 7) is 11.9. The molecule has 0 aromatic heterocycles. The van der Waals surface area contributed by atoms with Crippen LogP contribution >= 0.6 is 22.6 Å². The monoisotopic (exact) mass is 360 g/mol. The molecule has 2 N–H and O–H groups in total. The van der Waals surface area contributed by atoms with Crippen LogP contribution in [-0.4, -0.2) is 19.1 Å². The maximum atomic E-state index is 3.57. The number of hydrogen-bond donors (Lipinski definition) is 2. The number of halogens is 1. The standard InChI is InChI=1S/C15H25IN2/c1-11(2)8-17-9-13(4)18-10-14-7-5-6-12(3)15(14)16/h5-7,11,13,17-18H,8-10H2,1-4H3. The second-order valence-corrected chi connectivity index (χ2v) is 6.46. The highest BCUT2D eigenvalue weighted by Gasteiger charge is 2.05. The Morgan fingerprint density at radius 3 is 2.56 bits per heavy atom. The van der Waals surface area contributed by atoms with E-state index in [-0.39, 0.29) is 0 Å². The van der Waals surface area contributed by atoms with Crippen LogP contribution < -0.4 is 10.6 Å². The van der Waals surface area contributed by atoms with Crippen molar-refractivity contribution in [2.24, 2.45) is 5.92 Å². The van der Waals surface area contributed by atoms with Gasteiger partial charge < -0.3 is 10.6 Å². The van der Waals surface area contributed by atoms with Gasteiger partial charge in [-0.25, -0.2) is 0 Å². The molecule has 18 heavy (non-hydrogen) atoms. The summed E-state index contributed by atoms with van der Waals surface area (Å²) >= 11 is 2.43. The highest BCUT2D eigenvalue weighted by molar-refractivity contribution is 14.1. The van der Waals surface area contributed by atoms with Crippen molar-refractivity contribution in [3.05, 3.63) is 32.9 Å². The van der Waals surface area contributed by atoms with E-state index in [1.807, 2.05) is 0 Å². The molecule has 0 amide bonds. The molecule has 0 aliphatic heterocycles. The fourth-order valence-electron chi connectivity index (χ4n) is 1.79. The van der Waals surface area contributed by atoms with Crippen molar-refractivity contribution in [2.75, 3.05) is 13.1 Å². The van der Waals surface area contributed by atoms with Gasteiger partial charge in [0.1, 0.15) is 0 Å². The largest absolute Gasteiger partial charge is 0.315 e. The van der Waals surface area contributed by atoms with Crippen molar-refractivity contribution in [3.8, 4) is 0 Å². The molecule has 1 atom stereocenters. The molecule has 0 fully saturated rings. The molecule has 0 spiro atoms.